The summed E-state index contributed by atoms with van der Waals surface area (Å²) >= 11 is 5.45. The van der Waals surface area contributed by atoms with Gasteiger partial charge in [0, 0.05) is 12.1 Å². The summed E-state index contributed by atoms with van der Waals surface area (Å²) in [6.07, 6.45) is -4.83. The van der Waals surface area contributed by atoms with Crippen molar-refractivity contribution in [2.75, 3.05) is 14.2 Å². The van der Waals surface area contributed by atoms with Gasteiger partial charge in [-0.3, -0.25) is 4.84 Å². The van der Waals surface area contributed by atoms with Gasteiger partial charge >= 0.3 is 6.18 Å². The van der Waals surface area contributed by atoms with E-state index in [0.717, 1.165) is 26.3 Å². The van der Waals surface area contributed by atoms with Gasteiger partial charge in [-0.25, -0.2) is 8.42 Å². The van der Waals surface area contributed by atoms with Gasteiger partial charge in [-0.15, -0.1) is 0 Å². The van der Waals surface area contributed by atoms with E-state index in [0.29, 0.717) is 10.5 Å². The molecule has 18 heavy (non-hydrogen) atoms. The fraction of sp³-hybridized carbons (Fsp3) is 0.333. The first-order chi connectivity index (χ1) is 8.10. The van der Waals surface area contributed by atoms with Crippen molar-refractivity contribution in [1.82, 2.24) is 4.47 Å². The Hall–Kier alpha value is -0.830. The van der Waals surface area contributed by atoms with Crippen LogP contribution in [0.5, 0.6) is 0 Å². The lowest BCUT2D eigenvalue weighted by molar-refractivity contribution is -0.140. The number of halogens is 4. The molecule has 0 heterocycles. The molecule has 1 aromatic carbocycles. The van der Waals surface area contributed by atoms with Crippen LogP contribution in [0.2, 0.25) is 5.02 Å². The maximum Gasteiger partial charge on any atom is 0.417 e. The number of hydroxylamine groups is 1. The summed E-state index contributed by atoms with van der Waals surface area (Å²) in [7, 11) is -2.37. The quantitative estimate of drug-likeness (QED) is 0.806. The van der Waals surface area contributed by atoms with Gasteiger partial charge in [0.2, 0.25) is 0 Å². The highest BCUT2D eigenvalue weighted by molar-refractivity contribution is 7.89. The van der Waals surface area contributed by atoms with Crippen LogP contribution in [0.25, 0.3) is 0 Å². The molecule has 0 saturated heterocycles. The van der Waals surface area contributed by atoms with Crippen LogP contribution < -0.4 is 0 Å². The number of benzene rings is 1. The van der Waals surface area contributed by atoms with Crippen LogP contribution in [0.3, 0.4) is 0 Å². The summed E-state index contributed by atoms with van der Waals surface area (Å²) in [6, 6.07) is 2.40. The zero-order chi connectivity index (χ0) is 14.1. The van der Waals surface area contributed by atoms with E-state index in [4.69, 9.17) is 11.6 Å². The van der Waals surface area contributed by atoms with Crippen molar-refractivity contribution in [2.45, 2.75) is 11.1 Å². The number of nitrogens with zero attached hydrogens (tertiary/aromatic N) is 1. The topological polar surface area (TPSA) is 46.6 Å². The number of hydrogen-bond donors (Lipinski definition) is 0. The van der Waals surface area contributed by atoms with Crippen LogP contribution in [-0.2, 0) is 21.0 Å². The summed E-state index contributed by atoms with van der Waals surface area (Å²) in [5.74, 6) is 0. The summed E-state index contributed by atoms with van der Waals surface area (Å²) in [6.45, 7) is 0. The summed E-state index contributed by atoms with van der Waals surface area (Å²) in [4.78, 5) is 3.50. The average molecular weight is 304 g/mol. The second-order valence-corrected chi connectivity index (χ2v) is 5.58. The van der Waals surface area contributed by atoms with Crippen molar-refractivity contribution < 1.29 is 26.4 Å². The molecule has 1 aromatic rings. The third kappa shape index (κ3) is 2.94. The fourth-order valence-corrected chi connectivity index (χ4v) is 2.52. The lowest BCUT2D eigenvalue weighted by Crippen LogP contribution is -2.28. The van der Waals surface area contributed by atoms with Crippen LogP contribution in [0.1, 0.15) is 5.56 Å². The van der Waals surface area contributed by atoms with E-state index >= 15 is 0 Å². The second-order valence-electron chi connectivity index (χ2n) is 3.24. The van der Waals surface area contributed by atoms with E-state index in [1.165, 1.54) is 0 Å². The molecule has 9 heteroatoms. The molecule has 0 bridgehead atoms. The fourth-order valence-electron chi connectivity index (χ4n) is 1.19. The molecule has 4 nitrogen and oxygen atoms in total. The largest absolute Gasteiger partial charge is 0.417 e. The van der Waals surface area contributed by atoms with Gasteiger partial charge in [0.15, 0.2) is 0 Å². The Balaban J connectivity index is 3.52. The van der Waals surface area contributed by atoms with Gasteiger partial charge in [0.25, 0.3) is 10.0 Å². The van der Waals surface area contributed by atoms with Crippen molar-refractivity contribution >= 4 is 21.6 Å². The molecule has 0 aliphatic heterocycles. The lowest BCUT2D eigenvalue weighted by atomic mass is 10.2. The SMILES string of the molecule is CON(C)S(=O)(=O)c1ccc(Cl)cc1C(F)(F)F. The van der Waals surface area contributed by atoms with Gasteiger partial charge in [0.05, 0.1) is 17.6 Å². The number of rotatable bonds is 3. The number of sulfonamides is 1. The van der Waals surface area contributed by atoms with Crippen molar-refractivity contribution in [3.63, 3.8) is 0 Å². The average Bonchev–Trinajstić information content (AvgIpc) is 2.26. The Morgan fingerprint density at radius 2 is 1.89 bits per heavy atom. The van der Waals surface area contributed by atoms with Gasteiger partial charge < -0.3 is 0 Å². The molecule has 0 atom stereocenters. The molecule has 1 rings (SSSR count). The normalized spacial score (nSPS) is 13.1. The van der Waals surface area contributed by atoms with Gasteiger partial charge in [0.1, 0.15) is 0 Å². The molecule has 0 aromatic heterocycles. The highest BCUT2D eigenvalue weighted by atomic mass is 35.5. The third-order valence-electron chi connectivity index (χ3n) is 2.12. The Kier molecular flexibility index (Phi) is 4.26. The highest BCUT2D eigenvalue weighted by Gasteiger charge is 2.38. The maximum atomic E-state index is 12.7. The molecule has 0 unspecified atom stereocenters. The molecule has 0 aliphatic carbocycles. The zero-order valence-corrected chi connectivity index (χ0v) is 10.9. The van der Waals surface area contributed by atoms with Crippen molar-refractivity contribution in [1.29, 1.82) is 0 Å². The molecule has 0 fully saturated rings. The Bertz CT molecular complexity index is 544. The molecular formula is C9H9ClF3NO3S. The first-order valence-corrected chi connectivity index (χ1v) is 6.32. The van der Waals surface area contributed by atoms with E-state index in [-0.39, 0.29) is 5.02 Å². The van der Waals surface area contributed by atoms with Crippen LogP contribution in [-0.4, -0.2) is 27.0 Å². The minimum absolute atomic E-state index is 0.207. The minimum atomic E-state index is -4.83. The van der Waals surface area contributed by atoms with Crippen molar-refractivity contribution in [3.8, 4) is 0 Å². The summed E-state index contributed by atoms with van der Waals surface area (Å²) in [5, 5.41) is -0.207. The summed E-state index contributed by atoms with van der Waals surface area (Å²) in [5.41, 5.74) is -1.33. The van der Waals surface area contributed by atoms with Gasteiger partial charge in [-0.1, -0.05) is 16.1 Å². The minimum Gasteiger partial charge on any atom is -0.288 e. The molecule has 0 spiro atoms. The number of alkyl halides is 3. The monoisotopic (exact) mass is 303 g/mol. The van der Waals surface area contributed by atoms with Crippen LogP contribution in [0.15, 0.2) is 23.1 Å². The van der Waals surface area contributed by atoms with E-state index in [1.807, 2.05) is 0 Å². The maximum absolute atomic E-state index is 12.7. The first kappa shape index (κ1) is 15.2. The highest BCUT2D eigenvalue weighted by Crippen LogP contribution is 2.36. The number of hydrogen-bond acceptors (Lipinski definition) is 3. The lowest BCUT2D eigenvalue weighted by Gasteiger charge is -2.18. The molecule has 0 radical (unpaired) electrons. The standard InChI is InChI=1S/C9H9ClF3NO3S/c1-14(17-2)18(15,16)8-4-3-6(10)5-7(8)9(11,12)13/h3-5H,1-2H3. The molecule has 0 N–H and O–H groups in total. The van der Waals surface area contributed by atoms with E-state index in [9.17, 15) is 21.6 Å². The van der Waals surface area contributed by atoms with Crippen molar-refractivity contribution in [2.24, 2.45) is 0 Å². The van der Waals surface area contributed by atoms with Gasteiger partial charge in [-0.2, -0.15) is 13.2 Å². The Morgan fingerprint density at radius 3 is 2.33 bits per heavy atom. The molecule has 0 saturated carbocycles. The second kappa shape index (κ2) is 5.04. The zero-order valence-electron chi connectivity index (χ0n) is 9.32. The van der Waals surface area contributed by atoms with Crippen molar-refractivity contribution in [3.05, 3.63) is 28.8 Å². The smallest absolute Gasteiger partial charge is 0.288 e. The van der Waals surface area contributed by atoms with Crippen LogP contribution in [0.4, 0.5) is 13.2 Å². The Morgan fingerprint density at radius 1 is 1.33 bits per heavy atom. The van der Waals surface area contributed by atoms with E-state index in [1.54, 1.807) is 0 Å². The molecule has 0 aliphatic rings. The van der Waals surface area contributed by atoms with E-state index < -0.39 is 26.7 Å². The molecular weight excluding hydrogens is 295 g/mol. The predicted octanol–water partition coefficient (Wildman–Crippen LogP) is 2.54. The predicted molar refractivity (Wildman–Crippen MR) is 58.4 cm³/mol. The molecule has 0 amide bonds. The van der Waals surface area contributed by atoms with Crippen LogP contribution in [0, 0.1) is 0 Å². The Labute approximate surface area is 107 Å². The third-order valence-corrected chi connectivity index (χ3v) is 4.09. The first-order valence-electron chi connectivity index (χ1n) is 4.50. The molecule has 102 valence electrons. The van der Waals surface area contributed by atoms with Gasteiger partial charge in [-0.05, 0) is 18.2 Å². The van der Waals surface area contributed by atoms with E-state index in [2.05, 4.69) is 4.84 Å². The van der Waals surface area contributed by atoms with Crippen LogP contribution >= 0.6 is 11.6 Å². The summed E-state index contributed by atoms with van der Waals surface area (Å²) < 4.78 is 62.2.